The van der Waals surface area contributed by atoms with Crippen LogP contribution in [0.2, 0.25) is 5.02 Å². The van der Waals surface area contributed by atoms with Gasteiger partial charge in [-0.05, 0) is 62.1 Å². The molecule has 3 aromatic rings. The highest BCUT2D eigenvalue weighted by atomic mass is 35.5. The van der Waals surface area contributed by atoms with Gasteiger partial charge in [-0.3, -0.25) is 9.59 Å². The first kappa shape index (κ1) is 22.7. The second-order valence-electron chi connectivity index (χ2n) is 9.19. The fourth-order valence-corrected chi connectivity index (χ4v) is 5.11. The van der Waals surface area contributed by atoms with E-state index in [1.165, 1.54) is 6.42 Å². The van der Waals surface area contributed by atoms with Crippen molar-refractivity contribution in [3.05, 3.63) is 59.4 Å². The van der Waals surface area contributed by atoms with Gasteiger partial charge in [0.1, 0.15) is 5.69 Å². The van der Waals surface area contributed by atoms with E-state index in [0.29, 0.717) is 41.2 Å². The van der Waals surface area contributed by atoms with Crippen LogP contribution in [0.25, 0.3) is 17.1 Å². The third kappa shape index (κ3) is 4.89. The highest BCUT2D eigenvalue weighted by Gasteiger charge is 2.30. The van der Waals surface area contributed by atoms with Crippen molar-refractivity contribution < 1.29 is 14.0 Å². The Morgan fingerprint density at radius 2 is 1.74 bits per heavy atom. The van der Waals surface area contributed by atoms with E-state index >= 15 is 0 Å². The van der Waals surface area contributed by atoms with Crippen LogP contribution in [-0.4, -0.2) is 45.6 Å². The molecule has 5 rings (SSSR count). The number of furan rings is 1. The summed E-state index contributed by atoms with van der Waals surface area (Å²) in [4.78, 5) is 27.9. The number of amides is 2. The number of likely N-dealkylation sites (tertiary alicyclic amines) is 1. The second-order valence-corrected chi connectivity index (χ2v) is 9.62. The molecule has 1 N–H and O–H groups in total. The molecular weight excluding hydrogens is 452 g/mol. The number of benzene rings is 1. The summed E-state index contributed by atoms with van der Waals surface area (Å²) in [6, 6.07) is 12.7. The Balaban J connectivity index is 1.26. The molecule has 3 heterocycles. The van der Waals surface area contributed by atoms with E-state index < -0.39 is 0 Å². The van der Waals surface area contributed by atoms with Gasteiger partial charge in [-0.1, -0.05) is 30.9 Å². The molecule has 1 aliphatic heterocycles. The smallest absolute Gasteiger partial charge is 0.272 e. The molecule has 8 heteroatoms. The summed E-state index contributed by atoms with van der Waals surface area (Å²) in [5.74, 6) is 0.889. The number of nitrogens with zero attached hydrogens (tertiary/aromatic N) is 3. The van der Waals surface area contributed by atoms with Gasteiger partial charge in [0.2, 0.25) is 5.91 Å². The summed E-state index contributed by atoms with van der Waals surface area (Å²) < 4.78 is 7.27. The van der Waals surface area contributed by atoms with Crippen LogP contribution in [-0.2, 0) is 4.79 Å². The lowest BCUT2D eigenvalue weighted by molar-refractivity contribution is -0.137. The Kier molecular flexibility index (Phi) is 6.72. The lowest BCUT2D eigenvalue weighted by Crippen LogP contribution is -2.48. The van der Waals surface area contributed by atoms with Crippen LogP contribution in [0.4, 0.5) is 0 Å². The highest BCUT2D eigenvalue weighted by Crippen LogP contribution is 2.28. The maximum absolute atomic E-state index is 13.1. The number of carbonyl (C=O) groups is 2. The molecule has 0 bridgehead atoms. The van der Waals surface area contributed by atoms with Crippen molar-refractivity contribution in [2.24, 2.45) is 5.92 Å². The Bertz CT molecular complexity index is 1130. The molecule has 0 atom stereocenters. The van der Waals surface area contributed by atoms with Crippen molar-refractivity contribution in [1.82, 2.24) is 20.0 Å². The van der Waals surface area contributed by atoms with E-state index in [2.05, 4.69) is 10.4 Å². The van der Waals surface area contributed by atoms with Gasteiger partial charge < -0.3 is 14.6 Å². The number of piperidine rings is 1. The minimum absolute atomic E-state index is 0.0238. The molecule has 1 aromatic carbocycles. The minimum Gasteiger partial charge on any atom is -0.463 e. The van der Waals surface area contributed by atoms with Gasteiger partial charge in [0.25, 0.3) is 5.91 Å². The molecule has 1 aliphatic carbocycles. The first-order valence-corrected chi connectivity index (χ1v) is 12.5. The molecule has 1 saturated carbocycles. The SMILES string of the molecule is O=C(NC1CCN(C(=O)C2CCCCC2)CC1)c1cc(-c2ccco2)n(-c2ccc(Cl)cc2)n1. The van der Waals surface area contributed by atoms with Crippen LogP contribution in [0.3, 0.4) is 0 Å². The Morgan fingerprint density at radius 3 is 2.41 bits per heavy atom. The maximum atomic E-state index is 13.1. The summed E-state index contributed by atoms with van der Waals surface area (Å²) >= 11 is 6.04. The van der Waals surface area contributed by atoms with Crippen molar-refractivity contribution >= 4 is 23.4 Å². The second kappa shape index (κ2) is 10.1. The molecule has 2 amide bonds. The summed E-state index contributed by atoms with van der Waals surface area (Å²) in [5.41, 5.74) is 1.79. The van der Waals surface area contributed by atoms with Crippen LogP contribution in [0.5, 0.6) is 0 Å². The fraction of sp³-hybridized carbons (Fsp3) is 0.423. The fourth-order valence-electron chi connectivity index (χ4n) is 4.98. The topological polar surface area (TPSA) is 80.4 Å². The molecule has 2 aromatic heterocycles. The Hall–Kier alpha value is -3.06. The number of halogens is 1. The van der Waals surface area contributed by atoms with Gasteiger partial charge in [0.15, 0.2) is 11.5 Å². The first-order valence-electron chi connectivity index (χ1n) is 12.1. The number of hydrogen-bond acceptors (Lipinski definition) is 4. The van der Waals surface area contributed by atoms with Crippen LogP contribution in [0.15, 0.2) is 53.1 Å². The third-order valence-electron chi connectivity index (χ3n) is 6.88. The molecule has 0 unspecified atom stereocenters. The van der Waals surface area contributed by atoms with Crippen molar-refractivity contribution in [3.63, 3.8) is 0 Å². The van der Waals surface area contributed by atoms with E-state index in [0.717, 1.165) is 44.2 Å². The predicted molar refractivity (Wildman–Crippen MR) is 130 cm³/mol. The number of carbonyl (C=O) groups excluding carboxylic acids is 2. The average molecular weight is 481 g/mol. The van der Waals surface area contributed by atoms with Crippen molar-refractivity contribution in [2.75, 3.05) is 13.1 Å². The average Bonchev–Trinajstić information content (AvgIpc) is 3.55. The highest BCUT2D eigenvalue weighted by molar-refractivity contribution is 6.30. The zero-order valence-electron chi connectivity index (χ0n) is 19.1. The largest absolute Gasteiger partial charge is 0.463 e. The third-order valence-corrected chi connectivity index (χ3v) is 7.14. The summed E-state index contributed by atoms with van der Waals surface area (Å²) in [6.07, 6.45) is 8.70. The standard InChI is InChI=1S/C26H29ClN4O3/c27-19-8-10-21(11-9-19)31-23(24-7-4-16-34-24)17-22(29-31)25(32)28-20-12-14-30(15-13-20)26(33)18-5-2-1-3-6-18/h4,7-11,16-18,20H,1-3,5-6,12-15H2,(H,28,32). The predicted octanol–water partition coefficient (Wildman–Crippen LogP) is 5.09. The lowest BCUT2D eigenvalue weighted by atomic mass is 9.87. The molecule has 0 spiro atoms. The van der Waals surface area contributed by atoms with Gasteiger partial charge in [-0.25, -0.2) is 4.68 Å². The number of rotatable bonds is 5. The summed E-state index contributed by atoms with van der Waals surface area (Å²) in [7, 11) is 0. The normalized spacial score (nSPS) is 17.6. The van der Waals surface area contributed by atoms with Crippen molar-refractivity contribution in [1.29, 1.82) is 0 Å². The van der Waals surface area contributed by atoms with E-state index in [4.69, 9.17) is 16.0 Å². The molecule has 34 heavy (non-hydrogen) atoms. The van der Waals surface area contributed by atoms with Gasteiger partial charge >= 0.3 is 0 Å². The quantitative estimate of drug-likeness (QED) is 0.551. The monoisotopic (exact) mass is 480 g/mol. The van der Waals surface area contributed by atoms with Crippen LogP contribution in [0.1, 0.15) is 55.4 Å². The van der Waals surface area contributed by atoms with E-state index in [9.17, 15) is 9.59 Å². The molecular formula is C26H29ClN4O3. The van der Waals surface area contributed by atoms with E-state index in [1.807, 2.05) is 23.1 Å². The van der Waals surface area contributed by atoms with Gasteiger partial charge in [0, 0.05) is 36.1 Å². The summed E-state index contributed by atoms with van der Waals surface area (Å²) in [6.45, 7) is 1.38. The van der Waals surface area contributed by atoms with Gasteiger partial charge in [-0.2, -0.15) is 5.10 Å². The van der Waals surface area contributed by atoms with Crippen molar-refractivity contribution in [3.8, 4) is 17.1 Å². The molecule has 178 valence electrons. The first-order chi connectivity index (χ1) is 16.6. The van der Waals surface area contributed by atoms with Crippen LogP contribution >= 0.6 is 11.6 Å². The van der Waals surface area contributed by atoms with Crippen LogP contribution < -0.4 is 5.32 Å². The lowest BCUT2D eigenvalue weighted by Gasteiger charge is -2.35. The van der Waals surface area contributed by atoms with E-state index in [-0.39, 0.29) is 17.9 Å². The van der Waals surface area contributed by atoms with Crippen LogP contribution in [0, 0.1) is 5.92 Å². The number of aromatic nitrogens is 2. The molecule has 7 nitrogen and oxygen atoms in total. The number of hydrogen-bond donors (Lipinski definition) is 1. The molecule has 2 fully saturated rings. The van der Waals surface area contributed by atoms with Crippen molar-refractivity contribution in [2.45, 2.75) is 51.0 Å². The Labute approximate surface area is 204 Å². The molecule has 0 radical (unpaired) electrons. The zero-order chi connectivity index (χ0) is 23.5. The van der Waals surface area contributed by atoms with Gasteiger partial charge in [0.05, 0.1) is 12.0 Å². The van der Waals surface area contributed by atoms with E-state index in [1.54, 1.807) is 35.2 Å². The number of nitrogens with one attached hydrogen (secondary N) is 1. The molecule has 2 aliphatic rings. The minimum atomic E-state index is -0.224. The summed E-state index contributed by atoms with van der Waals surface area (Å²) in [5, 5.41) is 8.32. The maximum Gasteiger partial charge on any atom is 0.272 e. The molecule has 1 saturated heterocycles. The zero-order valence-corrected chi connectivity index (χ0v) is 19.8. The Morgan fingerprint density at radius 1 is 1.00 bits per heavy atom. The van der Waals surface area contributed by atoms with Gasteiger partial charge in [-0.15, -0.1) is 0 Å².